The van der Waals surface area contributed by atoms with Crippen LogP contribution in [0.4, 0.5) is 13.2 Å². The average Bonchev–Trinajstić information content (AvgIpc) is 2.97. The third kappa shape index (κ3) is 11.2. The van der Waals surface area contributed by atoms with Crippen molar-refractivity contribution in [3.63, 3.8) is 0 Å². The van der Waals surface area contributed by atoms with Crippen LogP contribution in [-0.4, -0.2) is 59.7 Å². The molecule has 0 bridgehead atoms. The van der Waals surface area contributed by atoms with Crippen LogP contribution >= 0.6 is 24.0 Å². The molecule has 1 rings (SSSR count). The molecular weight excluding hydrogens is 452 g/mol. The number of halogens is 4. The minimum Gasteiger partial charge on any atom is -0.372 e. The fourth-order valence-corrected chi connectivity index (χ4v) is 1.92. The maximum atomic E-state index is 11.9. The highest BCUT2D eigenvalue weighted by molar-refractivity contribution is 14.0. The predicted octanol–water partition coefficient (Wildman–Crippen LogP) is 1.98. The molecule has 0 spiro atoms. The van der Waals surface area contributed by atoms with Crippen LogP contribution in [0.1, 0.15) is 26.1 Å². The van der Waals surface area contributed by atoms with E-state index >= 15 is 0 Å². The summed E-state index contributed by atoms with van der Waals surface area (Å²) in [6.45, 7) is 5.20. The van der Waals surface area contributed by atoms with E-state index in [1.807, 2.05) is 18.4 Å². The molecule has 0 aliphatic carbocycles. The second-order valence-electron chi connectivity index (χ2n) is 5.00. The highest BCUT2D eigenvalue weighted by Crippen LogP contribution is 2.14. The number of hydrogen-bond acceptors (Lipinski definition) is 4. The van der Waals surface area contributed by atoms with Gasteiger partial charge in [-0.1, -0.05) is 6.92 Å². The standard InChI is InChI=1S/C14H25F3N6O.HI/c1-3-12-22-21-11-23(12)8-7-20-13(18-4-2)19-6-5-9-24-10-14(15,16)17;/h11H,3-10H2,1-2H3,(H2,18,19,20);1H. The largest absolute Gasteiger partial charge is 0.411 e. The maximum absolute atomic E-state index is 11.9. The summed E-state index contributed by atoms with van der Waals surface area (Å²) in [6.07, 6.45) is -1.36. The van der Waals surface area contributed by atoms with E-state index in [-0.39, 0.29) is 30.6 Å². The molecule has 0 amide bonds. The van der Waals surface area contributed by atoms with Crippen LogP contribution < -0.4 is 10.6 Å². The molecule has 1 aromatic rings. The van der Waals surface area contributed by atoms with E-state index < -0.39 is 12.8 Å². The van der Waals surface area contributed by atoms with Crippen LogP contribution in [0.5, 0.6) is 0 Å². The fraction of sp³-hybridized carbons (Fsp3) is 0.786. The van der Waals surface area contributed by atoms with E-state index in [1.54, 1.807) is 6.33 Å². The summed E-state index contributed by atoms with van der Waals surface area (Å²) < 4.78 is 42.3. The van der Waals surface area contributed by atoms with Gasteiger partial charge < -0.3 is 19.9 Å². The number of aryl methyl sites for hydroxylation is 1. The Bertz CT molecular complexity index is 495. The molecule has 11 heteroatoms. The molecule has 0 fully saturated rings. The van der Waals surface area contributed by atoms with Gasteiger partial charge in [-0.25, -0.2) is 0 Å². The number of hydrogen-bond donors (Lipinski definition) is 2. The first-order valence-corrected chi connectivity index (χ1v) is 7.99. The molecule has 0 saturated carbocycles. The van der Waals surface area contributed by atoms with Gasteiger partial charge in [0, 0.05) is 39.2 Å². The van der Waals surface area contributed by atoms with Crippen molar-refractivity contribution in [2.75, 3.05) is 32.8 Å². The lowest BCUT2D eigenvalue weighted by atomic mass is 10.4. The maximum Gasteiger partial charge on any atom is 0.411 e. The molecule has 2 N–H and O–H groups in total. The number of ether oxygens (including phenoxy) is 1. The Labute approximate surface area is 162 Å². The summed E-state index contributed by atoms with van der Waals surface area (Å²) >= 11 is 0. The summed E-state index contributed by atoms with van der Waals surface area (Å²) in [5.41, 5.74) is 0. The number of aliphatic imine (C=N–C) groups is 1. The zero-order chi connectivity index (χ0) is 17.8. The molecule has 0 atom stereocenters. The van der Waals surface area contributed by atoms with Gasteiger partial charge in [-0.15, -0.1) is 34.2 Å². The van der Waals surface area contributed by atoms with Crippen molar-refractivity contribution in [3.05, 3.63) is 12.2 Å². The topological polar surface area (TPSA) is 76.4 Å². The Morgan fingerprint density at radius 3 is 2.72 bits per heavy atom. The number of rotatable bonds is 10. The minimum absolute atomic E-state index is 0. The zero-order valence-electron chi connectivity index (χ0n) is 14.5. The van der Waals surface area contributed by atoms with Gasteiger partial charge in [-0.05, 0) is 13.3 Å². The van der Waals surface area contributed by atoms with Crippen LogP contribution in [0.15, 0.2) is 11.3 Å². The number of nitrogens with zero attached hydrogens (tertiary/aromatic N) is 4. The Morgan fingerprint density at radius 2 is 2.08 bits per heavy atom. The van der Waals surface area contributed by atoms with Crippen LogP contribution in [0.25, 0.3) is 0 Å². The van der Waals surface area contributed by atoms with Gasteiger partial charge in [0.05, 0.1) is 0 Å². The van der Waals surface area contributed by atoms with Crippen molar-refractivity contribution in [3.8, 4) is 0 Å². The van der Waals surface area contributed by atoms with E-state index in [0.717, 1.165) is 12.2 Å². The highest BCUT2D eigenvalue weighted by atomic mass is 127. The van der Waals surface area contributed by atoms with Crippen molar-refractivity contribution in [2.24, 2.45) is 4.99 Å². The van der Waals surface area contributed by atoms with Crippen molar-refractivity contribution in [1.82, 2.24) is 25.4 Å². The van der Waals surface area contributed by atoms with E-state index in [4.69, 9.17) is 0 Å². The first-order chi connectivity index (χ1) is 11.5. The van der Waals surface area contributed by atoms with Gasteiger partial charge >= 0.3 is 6.18 Å². The Morgan fingerprint density at radius 1 is 1.32 bits per heavy atom. The number of aromatic nitrogens is 3. The Hall–Kier alpha value is -1.11. The molecule has 0 aliphatic heterocycles. The normalized spacial score (nSPS) is 12.0. The van der Waals surface area contributed by atoms with Crippen LogP contribution in [0.3, 0.4) is 0 Å². The predicted molar refractivity (Wildman–Crippen MR) is 100 cm³/mol. The first-order valence-electron chi connectivity index (χ1n) is 7.99. The quantitative estimate of drug-likeness (QED) is 0.233. The second kappa shape index (κ2) is 13.1. The Balaban J connectivity index is 0.00000576. The number of alkyl halides is 3. The van der Waals surface area contributed by atoms with E-state index in [2.05, 4.69) is 30.6 Å². The molecular formula is C14H26F3IN6O. The molecule has 1 heterocycles. The van der Waals surface area contributed by atoms with Crippen LogP contribution in [0.2, 0.25) is 0 Å². The van der Waals surface area contributed by atoms with E-state index in [0.29, 0.717) is 38.6 Å². The van der Waals surface area contributed by atoms with Gasteiger partial charge in [0.15, 0.2) is 5.96 Å². The lowest BCUT2D eigenvalue weighted by Crippen LogP contribution is -2.39. The van der Waals surface area contributed by atoms with Gasteiger partial charge in [0.1, 0.15) is 18.8 Å². The number of nitrogens with one attached hydrogen (secondary N) is 2. The third-order valence-corrected chi connectivity index (χ3v) is 2.98. The lowest BCUT2D eigenvalue weighted by molar-refractivity contribution is -0.173. The third-order valence-electron chi connectivity index (χ3n) is 2.98. The summed E-state index contributed by atoms with van der Waals surface area (Å²) in [6, 6.07) is 0. The van der Waals surface area contributed by atoms with Crippen molar-refractivity contribution in [1.29, 1.82) is 0 Å². The average molecular weight is 478 g/mol. The minimum atomic E-state index is -4.28. The second-order valence-corrected chi connectivity index (χ2v) is 5.00. The fourth-order valence-electron chi connectivity index (χ4n) is 1.92. The first kappa shape index (κ1) is 23.9. The van der Waals surface area contributed by atoms with Crippen LogP contribution in [-0.2, 0) is 17.7 Å². The molecule has 0 unspecified atom stereocenters. The summed E-state index contributed by atoms with van der Waals surface area (Å²) in [5, 5.41) is 14.1. The van der Waals surface area contributed by atoms with Crippen LogP contribution in [0, 0.1) is 0 Å². The summed E-state index contributed by atoms with van der Waals surface area (Å²) in [7, 11) is 0. The van der Waals surface area contributed by atoms with Gasteiger partial charge in [0.2, 0.25) is 0 Å². The number of guanidine groups is 1. The van der Waals surface area contributed by atoms with Gasteiger partial charge in [-0.2, -0.15) is 13.2 Å². The zero-order valence-corrected chi connectivity index (χ0v) is 16.8. The molecule has 25 heavy (non-hydrogen) atoms. The highest BCUT2D eigenvalue weighted by Gasteiger charge is 2.27. The molecule has 146 valence electrons. The monoisotopic (exact) mass is 478 g/mol. The molecule has 0 aliphatic rings. The van der Waals surface area contributed by atoms with E-state index in [1.165, 1.54) is 0 Å². The molecule has 1 aromatic heterocycles. The van der Waals surface area contributed by atoms with Gasteiger partial charge in [-0.3, -0.25) is 4.99 Å². The smallest absolute Gasteiger partial charge is 0.372 e. The van der Waals surface area contributed by atoms with Crippen molar-refractivity contribution < 1.29 is 17.9 Å². The molecule has 0 radical (unpaired) electrons. The molecule has 0 aromatic carbocycles. The summed E-state index contributed by atoms with van der Waals surface area (Å²) in [4.78, 5) is 4.30. The summed E-state index contributed by atoms with van der Waals surface area (Å²) in [5.74, 6) is 1.54. The SMILES string of the molecule is CCNC(=NCCCOCC(F)(F)F)NCCn1cnnc1CC.I. The molecule has 7 nitrogen and oxygen atoms in total. The Kier molecular flexibility index (Phi) is 12.6. The van der Waals surface area contributed by atoms with E-state index in [9.17, 15) is 13.2 Å². The van der Waals surface area contributed by atoms with Crippen molar-refractivity contribution >= 4 is 29.9 Å². The van der Waals surface area contributed by atoms with Gasteiger partial charge in [0.25, 0.3) is 0 Å². The molecule has 0 saturated heterocycles. The van der Waals surface area contributed by atoms with Crippen molar-refractivity contribution in [2.45, 2.75) is 39.4 Å². The lowest BCUT2D eigenvalue weighted by Gasteiger charge is -2.12.